The van der Waals surface area contributed by atoms with Gasteiger partial charge in [-0.25, -0.2) is 0 Å². The average Bonchev–Trinajstić information content (AvgIpc) is 2.41. The van der Waals surface area contributed by atoms with Crippen LogP contribution in [0.3, 0.4) is 0 Å². The van der Waals surface area contributed by atoms with Crippen LogP contribution >= 0.6 is 7.60 Å². The zero-order chi connectivity index (χ0) is 11.8. The van der Waals surface area contributed by atoms with Crippen molar-refractivity contribution in [3.8, 4) is 0 Å². The summed E-state index contributed by atoms with van der Waals surface area (Å²) >= 11 is 0. The molecule has 0 amide bonds. The quantitative estimate of drug-likeness (QED) is 0.287. The SMILES string of the molecule is O=P(O)(O)C(O)[C@@H]1O[C@H](CO)[C@@H](O)[C@@H]1O. The van der Waals surface area contributed by atoms with Gasteiger partial charge in [-0.2, -0.15) is 0 Å². The highest BCUT2D eigenvalue weighted by atomic mass is 31.2. The monoisotopic (exact) mass is 244 g/mol. The largest absolute Gasteiger partial charge is 0.394 e. The van der Waals surface area contributed by atoms with E-state index in [1.807, 2.05) is 0 Å². The lowest BCUT2D eigenvalue weighted by molar-refractivity contribution is -0.0563. The third-order valence-corrected chi connectivity index (χ3v) is 3.20. The van der Waals surface area contributed by atoms with Crippen LogP contribution in [-0.2, 0) is 9.30 Å². The van der Waals surface area contributed by atoms with Gasteiger partial charge in [-0.1, -0.05) is 0 Å². The Balaban J connectivity index is 2.77. The van der Waals surface area contributed by atoms with E-state index in [1.165, 1.54) is 0 Å². The molecule has 6 N–H and O–H groups in total. The lowest BCUT2D eigenvalue weighted by atomic mass is 10.1. The number of hydrogen-bond donors (Lipinski definition) is 6. The van der Waals surface area contributed by atoms with E-state index >= 15 is 0 Å². The van der Waals surface area contributed by atoms with Crippen LogP contribution in [0.2, 0.25) is 0 Å². The minimum Gasteiger partial charge on any atom is -0.394 e. The lowest BCUT2D eigenvalue weighted by Gasteiger charge is -2.21. The van der Waals surface area contributed by atoms with E-state index in [0.29, 0.717) is 0 Å². The molecule has 0 aliphatic carbocycles. The Morgan fingerprint density at radius 2 is 1.80 bits per heavy atom. The molecule has 0 bridgehead atoms. The molecule has 5 atom stereocenters. The van der Waals surface area contributed by atoms with Crippen LogP contribution in [0, 0.1) is 0 Å². The van der Waals surface area contributed by atoms with Crippen molar-refractivity contribution < 1.29 is 39.5 Å². The van der Waals surface area contributed by atoms with Gasteiger partial charge in [0.05, 0.1) is 6.61 Å². The summed E-state index contributed by atoms with van der Waals surface area (Å²) in [6.45, 7) is -0.622. The lowest BCUT2D eigenvalue weighted by Crippen LogP contribution is -2.38. The molecule has 1 unspecified atom stereocenters. The first kappa shape index (κ1) is 13.0. The summed E-state index contributed by atoms with van der Waals surface area (Å²) in [6, 6.07) is 0. The molecular formula is C6H13O8P. The van der Waals surface area contributed by atoms with Crippen LogP contribution in [0.4, 0.5) is 0 Å². The highest BCUT2D eigenvalue weighted by Gasteiger charge is 2.50. The molecule has 1 aliphatic heterocycles. The van der Waals surface area contributed by atoms with E-state index < -0.39 is 44.5 Å². The maximum absolute atomic E-state index is 10.7. The summed E-state index contributed by atoms with van der Waals surface area (Å²) in [5.74, 6) is -2.22. The fourth-order valence-electron chi connectivity index (χ4n) is 1.37. The summed E-state index contributed by atoms with van der Waals surface area (Å²) in [7, 11) is -4.83. The van der Waals surface area contributed by atoms with Gasteiger partial charge in [-0.15, -0.1) is 0 Å². The zero-order valence-electron chi connectivity index (χ0n) is 7.54. The third kappa shape index (κ3) is 2.55. The Bertz CT molecular complexity index is 264. The normalized spacial score (nSPS) is 39.3. The van der Waals surface area contributed by atoms with Crippen molar-refractivity contribution >= 4 is 7.60 Å². The van der Waals surface area contributed by atoms with E-state index in [4.69, 9.17) is 24.7 Å². The molecule has 1 saturated heterocycles. The Kier molecular flexibility index (Phi) is 3.85. The fraction of sp³-hybridized carbons (Fsp3) is 1.00. The van der Waals surface area contributed by atoms with Gasteiger partial charge in [-0.3, -0.25) is 4.57 Å². The number of rotatable bonds is 3. The van der Waals surface area contributed by atoms with E-state index in [0.717, 1.165) is 0 Å². The van der Waals surface area contributed by atoms with Gasteiger partial charge in [0.15, 0.2) is 5.85 Å². The van der Waals surface area contributed by atoms with Crippen LogP contribution in [-0.4, -0.2) is 67.1 Å². The van der Waals surface area contributed by atoms with Crippen LogP contribution in [0.25, 0.3) is 0 Å². The topological polar surface area (TPSA) is 148 Å². The molecule has 8 nitrogen and oxygen atoms in total. The van der Waals surface area contributed by atoms with Gasteiger partial charge >= 0.3 is 7.60 Å². The number of hydrogen-bond acceptors (Lipinski definition) is 6. The first-order valence-electron chi connectivity index (χ1n) is 4.14. The van der Waals surface area contributed by atoms with Crippen molar-refractivity contribution in [2.45, 2.75) is 30.3 Å². The Morgan fingerprint density at radius 3 is 2.13 bits per heavy atom. The summed E-state index contributed by atoms with van der Waals surface area (Å²) < 4.78 is 15.4. The number of ether oxygens (including phenoxy) is 1. The molecule has 90 valence electrons. The van der Waals surface area contributed by atoms with Crippen molar-refractivity contribution in [2.24, 2.45) is 0 Å². The van der Waals surface area contributed by atoms with Crippen molar-refractivity contribution in [2.75, 3.05) is 6.61 Å². The first-order valence-corrected chi connectivity index (χ1v) is 5.83. The summed E-state index contributed by atoms with van der Waals surface area (Å²) in [4.78, 5) is 17.3. The molecule has 0 aromatic carbocycles. The van der Waals surface area contributed by atoms with E-state index in [1.54, 1.807) is 0 Å². The Labute approximate surface area is 84.9 Å². The van der Waals surface area contributed by atoms with E-state index in [-0.39, 0.29) is 0 Å². The van der Waals surface area contributed by atoms with Gasteiger partial charge in [0, 0.05) is 0 Å². The molecule has 1 heterocycles. The standard InChI is InChI=1S/C6H13O8P/c7-1-2-3(8)4(9)5(14-2)6(10)15(11,12)13/h2-10H,1H2,(H2,11,12,13)/t2-,3-,4+,5-,6?/m1/s1. The minimum absolute atomic E-state index is 0.622. The first-order chi connectivity index (χ1) is 6.79. The zero-order valence-corrected chi connectivity index (χ0v) is 8.44. The average molecular weight is 244 g/mol. The second kappa shape index (κ2) is 4.44. The summed E-state index contributed by atoms with van der Waals surface area (Å²) in [5.41, 5.74) is 0. The van der Waals surface area contributed by atoms with Crippen LogP contribution in [0.1, 0.15) is 0 Å². The smallest absolute Gasteiger partial charge is 0.356 e. The van der Waals surface area contributed by atoms with E-state index in [9.17, 15) is 14.8 Å². The second-order valence-electron chi connectivity index (χ2n) is 3.31. The third-order valence-electron chi connectivity index (χ3n) is 2.22. The van der Waals surface area contributed by atoms with Crippen molar-refractivity contribution in [3.05, 3.63) is 0 Å². The molecule has 1 fully saturated rings. The van der Waals surface area contributed by atoms with Crippen LogP contribution < -0.4 is 0 Å². The molecule has 0 saturated carbocycles. The molecular weight excluding hydrogens is 231 g/mol. The molecule has 0 aromatic rings. The fourth-order valence-corrected chi connectivity index (χ4v) is 2.00. The van der Waals surface area contributed by atoms with Crippen molar-refractivity contribution in [1.29, 1.82) is 0 Å². The predicted molar refractivity (Wildman–Crippen MR) is 45.8 cm³/mol. The Morgan fingerprint density at radius 1 is 1.27 bits per heavy atom. The number of aliphatic hydroxyl groups is 4. The van der Waals surface area contributed by atoms with Gasteiger partial charge < -0.3 is 34.9 Å². The molecule has 9 heteroatoms. The summed E-state index contributed by atoms with van der Waals surface area (Å²) in [5, 5.41) is 36.4. The van der Waals surface area contributed by atoms with Gasteiger partial charge in [0.25, 0.3) is 0 Å². The van der Waals surface area contributed by atoms with Crippen molar-refractivity contribution in [3.63, 3.8) is 0 Å². The molecule has 0 aromatic heterocycles. The van der Waals surface area contributed by atoms with E-state index in [2.05, 4.69) is 0 Å². The van der Waals surface area contributed by atoms with Gasteiger partial charge in [-0.05, 0) is 0 Å². The van der Waals surface area contributed by atoms with Crippen molar-refractivity contribution in [1.82, 2.24) is 0 Å². The van der Waals surface area contributed by atoms with Crippen LogP contribution in [0.15, 0.2) is 0 Å². The maximum Gasteiger partial charge on any atom is 0.356 e. The molecule has 0 spiro atoms. The molecule has 1 rings (SSSR count). The summed E-state index contributed by atoms with van der Waals surface area (Å²) in [6.07, 6.45) is -5.91. The highest BCUT2D eigenvalue weighted by Crippen LogP contribution is 2.44. The molecule has 0 radical (unpaired) electrons. The minimum atomic E-state index is -4.83. The number of aliphatic hydroxyl groups excluding tert-OH is 4. The maximum atomic E-state index is 10.7. The van der Waals surface area contributed by atoms with Gasteiger partial charge in [0.1, 0.15) is 24.4 Å². The van der Waals surface area contributed by atoms with Crippen LogP contribution in [0.5, 0.6) is 0 Å². The second-order valence-corrected chi connectivity index (χ2v) is 5.01. The molecule has 15 heavy (non-hydrogen) atoms. The predicted octanol–water partition coefficient (Wildman–Crippen LogP) is -3.04. The Hall–Kier alpha value is -0.0500. The highest BCUT2D eigenvalue weighted by molar-refractivity contribution is 7.52. The van der Waals surface area contributed by atoms with Gasteiger partial charge in [0.2, 0.25) is 0 Å². The molecule has 1 aliphatic rings.